The van der Waals surface area contributed by atoms with Crippen molar-refractivity contribution in [1.82, 2.24) is 9.88 Å². The van der Waals surface area contributed by atoms with E-state index in [4.69, 9.17) is 4.74 Å². The zero-order valence-electron chi connectivity index (χ0n) is 13.4. The summed E-state index contributed by atoms with van der Waals surface area (Å²) in [7, 11) is 0. The lowest BCUT2D eigenvalue weighted by atomic mass is 10.1. The molecule has 1 fully saturated rings. The van der Waals surface area contributed by atoms with Crippen LogP contribution in [0.1, 0.15) is 22.3 Å². The summed E-state index contributed by atoms with van der Waals surface area (Å²) in [5, 5.41) is 6.34. The maximum atomic E-state index is 13.0. The van der Waals surface area contributed by atoms with Gasteiger partial charge in [0.05, 0.1) is 36.4 Å². The van der Waals surface area contributed by atoms with Gasteiger partial charge in [-0.05, 0) is 29.3 Å². The third-order valence-electron chi connectivity index (χ3n) is 4.33. The number of thiazole rings is 1. The SMILES string of the molecule is Cc1nc([C@@H]2COCCN2C(=O)Cc2csc3ccccc23)cs1. The smallest absolute Gasteiger partial charge is 0.227 e. The second kappa shape index (κ2) is 6.63. The molecule has 1 aliphatic heterocycles. The maximum absolute atomic E-state index is 13.0. The molecule has 4 rings (SSSR count). The highest BCUT2D eigenvalue weighted by Gasteiger charge is 2.30. The number of benzene rings is 1. The van der Waals surface area contributed by atoms with E-state index < -0.39 is 0 Å². The zero-order valence-corrected chi connectivity index (χ0v) is 15.0. The van der Waals surface area contributed by atoms with Gasteiger partial charge in [0.2, 0.25) is 5.91 Å². The van der Waals surface area contributed by atoms with Gasteiger partial charge in [0.1, 0.15) is 0 Å². The Kier molecular flexibility index (Phi) is 4.35. The molecular weight excluding hydrogens is 340 g/mol. The van der Waals surface area contributed by atoms with E-state index in [1.807, 2.05) is 29.3 Å². The number of carbonyl (C=O) groups excluding carboxylic acids is 1. The van der Waals surface area contributed by atoms with Crippen molar-refractivity contribution in [2.24, 2.45) is 0 Å². The molecule has 24 heavy (non-hydrogen) atoms. The highest BCUT2D eigenvalue weighted by molar-refractivity contribution is 7.17. The van der Waals surface area contributed by atoms with Crippen molar-refractivity contribution in [3.63, 3.8) is 0 Å². The highest BCUT2D eigenvalue weighted by Crippen LogP contribution is 2.29. The topological polar surface area (TPSA) is 42.4 Å². The summed E-state index contributed by atoms with van der Waals surface area (Å²) in [5.74, 6) is 0.150. The van der Waals surface area contributed by atoms with E-state index in [1.54, 1.807) is 22.7 Å². The summed E-state index contributed by atoms with van der Waals surface area (Å²) in [6.45, 7) is 3.73. The quantitative estimate of drug-likeness (QED) is 0.715. The normalized spacial score (nSPS) is 18.2. The Morgan fingerprint density at radius 3 is 3.04 bits per heavy atom. The molecule has 3 heterocycles. The fourth-order valence-corrected chi connectivity index (χ4v) is 4.74. The lowest BCUT2D eigenvalue weighted by Crippen LogP contribution is -2.44. The van der Waals surface area contributed by atoms with Crippen molar-refractivity contribution < 1.29 is 9.53 Å². The number of thiophene rings is 1. The van der Waals surface area contributed by atoms with E-state index >= 15 is 0 Å². The van der Waals surface area contributed by atoms with Crippen LogP contribution in [-0.2, 0) is 16.0 Å². The predicted octanol–water partition coefficient (Wildman–Crippen LogP) is 3.81. The lowest BCUT2D eigenvalue weighted by molar-refractivity contribution is -0.139. The van der Waals surface area contributed by atoms with Crippen molar-refractivity contribution >= 4 is 38.7 Å². The number of morpholine rings is 1. The van der Waals surface area contributed by atoms with Crippen LogP contribution in [-0.4, -0.2) is 35.5 Å². The molecule has 2 aromatic heterocycles. The first-order chi connectivity index (χ1) is 11.7. The van der Waals surface area contributed by atoms with E-state index in [2.05, 4.69) is 22.5 Å². The molecule has 6 heteroatoms. The molecule has 124 valence electrons. The number of aromatic nitrogens is 1. The van der Waals surface area contributed by atoms with Crippen molar-refractivity contribution in [1.29, 1.82) is 0 Å². The van der Waals surface area contributed by atoms with Crippen molar-refractivity contribution in [2.45, 2.75) is 19.4 Å². The summed E-state index contributed by atoms with van der Waals surface area (Å²) >= 11 is 3.31. The molecule has 0 N–H and O–H groups in total. The minimum Gasteiger partial charge on any atom is -0.377 e. The Labute approximate surface area is 148 Å². The van der Waals surface area contributed by atoms with Crippen LogP contribution in [0.4, 0.5) is 0 Å². The molecule has 3 aromatic rings. The first kappa shape index (κ1) is 15.7. The molecule has 1 aromatic carbocycles. The summed E-state index contributed by atoms with van der Waals surface area (Å²) in [6.07, 6.45) is 0.434. The molecule has 4 nitrogen and oxygen atoms in total. The third kappa shape index (κ3) is 2.97. The van der Waals surface area contributed by atoms with Gasteiger partial charge >= 0.3 is 0 Å². The third-order valence-corrected chi connectivity index (χ3v) is 6.13. The number of hydrogen-bond acceptors (Lipinski definition) is 5. The number of ether oxygens (including phenoxy) is 1. The molecule has 0 radical (unpaired) electrons. The molecule has 0 aliphatic carbocycles. The number of fused-ring (bicyclic) bond motifs is 1. The lowest BCUT2D eigenvalue weighted by Gasteiger charge is -2.34. The minimum atomic E-state index is -0.0684. The first-order valence-corrected chi connectivity index (χ1v) is 9.72. The van der Waals surface area contributed by atoms with Crippen LogP contribution in [0.3, 0.4) is 0 Å². The summed E-state index contributed by atoms with van der Waals surface area (Å²) in [6, 6.07) is 8.19. The van der Waals surface area contributed by atoms with E-state index in [0.29, 0.717) is 26.2 Å². The molecule has 0 saturated carbocycles. The maximum Gasteiger partial charge on any atom is 0.227 e. The fourth-order valence-electron chi connectivity index (χ4n) is 3.11. The zero-order chi connectivity index (χ0) is 16.5. The summed E-state index contributed by atoms with van der Waals surface area (Å²) in [5.41, 5.74) is 2.06. The van der Waals surface area contributed by atoms with Crippen LogP contribution in [0.2, 0.25) is 0 Å². The van der Waals surface area contributed by atoms with E-state index in [-0.39, 0.29) is 11.9 Å². The van der Waals surface area contributed by atoms with Gasteiger partial charge in [0.25, 0.3) is 0 Å². The Balaban J connectivity index is 1.57. The largest absolute Gasteiger partial charge is 0.377 e. The highest BCUT2D eigenvalue weighted by atomic mass is 32.1. The average Bonchev–Trinajstić information content (AvgIpc) is 3.22. The molecular formula is C18H18N2O2S2. The second-order valence-electron chi connectivity index (χ2n) is 5.90. The van der Waals surface area contributed by atoms with Gasteiger partial charge in [-0.3, -0.25) is 4.79 Å². The number of aryl methyl sites for hydroxylation is 1. The van der Waals surface area contributed by atoms with Crippen LogP contribution >= 0.6 is 22.7 Å². The minimum absolute atomic E-state index is 0.0684. The predicted molar refractivity (Wildman–Crippen MR) is 97.7 cm³/mol. The van der Waals surface area contributed by atoms with Gasteiger partial charge in [0.15, 0.2) is 0 Å². The van der Waals surface area contributed by atoms with Crippen LogP contribution < -0.4 is 0 Å². The van der Waals surface area contributed by atoms with Crippen LogP contribution in [0.25, 0.3) is 10.1 Å². The van der Waals surface area contributed by atoms with Gasteiger partial charge in [-0.1, -0.05) is 18.2 Å². The number of hydrogen-bond donors (Lipinski definition) is 0. The number of amides is 1. The second-order valence-corrected chi connectivity index (χ2v) is 7.88. The van der Waals surface area contributed by atoms with E-state index in [0.717, 1.165) is 16.3 Å². The van der Waals surface area contributed by atoms with Gasteiger partial charge in [0, 0.05) is 16.6 Å². The molecule has 1 atom stereocenters. The van der Waals surface area contributed by atoms with E-state index in [1.165, 1.54) is 10.1 Å². The standard InChI is InChI=1S/C18H18N2O2S2/c1-12-19-15(11-23-12)16-9-22-7-6-20(16)18(21)8-13-10-24-17-5-3-2-4-14(13)17/h2-5,10-11,16H,6-9H2,1H3/t16-/m0/s1. The summed E-state index contributed by atoms with van der Waals surface area (Å²) < 4.78 is 6.83. The molecule has 1 saturated heterocycles. The van der Waals surface area contributed by atoms with Crippen molar-refractivity contribution in [3.05, 3.63) is 51.3 Å². The van der Waals surface area contributed by atoms with Gasteiger partial charge in [-0.15, -0.1) is 22.7 Å². The average molecular weight is 358 g/mol. The first-order valence-electron chi connectivity index (χ1n) is 7.97. The van der Waals surface area contributed by atoms with Crippen LogP contribution in [0.15, 0.2) is 35.0 Å². The van der Waals surface area contributed by atoms with Crippen LogP contribution in [0, 0.1) is 6.92 Å². The molecule has 1 amide bonds. The van der Waals surface area contributed by atoms with Crippen LogP contribution in [0.5, 0.6) is 0 Å². The Morgan fingerprint density at radius 2 is 2.21 bits per heavy atom. The van der Waals surface area contributed by atoms with Crippen molar-refractivity contribution in [3.8, 4) is 0 Å². The number of nitrogens with zero attached hydrogens (tertiary/aromatic N) is 2. The number of carbonyl (C=O) groups is 1. The molecule has 0 bridgehead atoms. The van der Waals surface area contributed by atoms with Crippen molar-refractivity contribution in [2.75, 3.05) is 19.8 Å². The number of rotatable bonds is 3. The van der Waals surface area contributed by atoms with Gasteiger partial charge < -0.3 is 9.64 Å². The molecule has 0 spiro atoms. The Hall–Kier alpha value is -1.76. The van der Waals surface area contributed by atoms with E-state index in [9.17, 15) is 4.79 Å². The summed E-state index contributed by atoms with van der Waals surface area (Å²) in [4.78, 5) is 19.4. The van der Waals surface area contributed by atoms with Gasteiger partial charge in [-0.25, -0.2) is 4.98 Å². The fraction of sp³-hybridized carbons (Fsp3) is 0.333. The Bertz CT molecular complexity index is 871. The monoisotopic (exact) mass is 358 g/mol. The molecule has 1 aliphatic rings. The van der Waals surface area contributed by atoms with Gasteiger partial charge in [-0.2, -0.15) is 0 Å². The molecule has 0 unspecified atom stereocenters. The Morgan fingerprint density at radius 1 is 1.33 bits per heavy atom.